The van der Waals surface area contributed by atoms with Crippen LogP contribution in [-0.2, 0) is 0 Å². The summed E-state index contributed by atoms with van der Waals surface area (Å²) in [7, 11) is 5.52. The van der Waals surface area contributed by atoms with E-state index in [9.17, 15) is 9.59 Å². The summed E-state index contributed by atoms with van der Waals surface area (Å²) in [5.41, 5.74) is 2.34. The molecule has 0 spiro atoms. The minimum Gasteiger partial charge on any atom is -0.497 e. The maximum absolute atomic E-state index is 12.7. The molecule has 0 saturated carbocycles. The van der Waals surface area contributed by atoms with Crippen LogP contribution in [0.2, 0.25) is 0 Å². The molecule has 1 saturated heterocycles. The number of carbonyl (C=O) groups is 2. The van der Waals surface area contributed by atoms with Crippen LogP contribution in [0.1, 0.15) is 20.7 Å². The van der Waals surface area contributed by atoms with Crippen LogP contribution < -0.4 is 9.64 Å². The molecule has 1 fully saturated rings. The molecule has 2 aromatic rings. The van der Waals surface area contributed by atoms with E-state index in [4.69, 9.17) is 4.74 Å². The van der Waals surface area contributed by atoms with E-state index >= 15 is 0 Å². The smallest absolute Gasteiger partial charge is 0.254 e. The van der Waals surface area contributed by atoms with Crippen molar-refractivity contribution >= 4 is 17.5 Å². The van der Waals surface area contributed by atoms with Gasteiger partial charge in [0.2, 0.25) is 0 Å². The van der Waals surface area contributed by atoms with Crippen LogP contribution in [0.15, 0.2) is 48.5 Å². The van der Waals surface area contributed by atoms with Gasteiger partial charge in [0.15, 0.2) is 0 Å². The van der Waals surface area contributed by atoms with Gasteiger partial charge in [-0.1, -0.05) is 6.07 Å². The summed E-state index contributed by atoms with van der Waals surface area (Å²) in [5, 5.41) is 0. The summed E-state index contributed by atoms with van der Waals surface area (Å²) < 4.78 is 5.19. The van der Waals surface area contributed by atoms with Crippen LogP contribution >= 0.6 is 0 Å². The van der Waals surface area contributed by atoms with Gasteiger partial charge in [-0.05, 0) is 42.5 Å². The van der Waals surface area contributed by atoms with E-state index in [1.807, 2.05) is 55.4 Å². The van der Waals surface area contributed by atoms with Gasteiger partial charge in [0.25, 0.3) is 11.8 Å². The lowest BCUT2D eigenvalue weighted by Gasteiger charge is -2.35. The van der Waals surface area contributed by atoms with Crippen LogP contribution in [0.25, 0.3) is 0 Å². The van der Waals surface area contributed by atoms with Gasteiger partial charge in [-0.25, -0.2) is 0 Å². The Kier molecular flexibility index (Phi) is 5.64. The molecule has 0 aromatic heterocycles. The summed E-state index contributed by atoms with van der Waals surface area (Å²) >= 11 is 0. The molecule has 0 N–H and O–H groups in total. The molecule has 2 amide bonds. The molecule has 27 heavy (non-hydrogen) atoms. The van der Waals surface area contributed by atoms with Crippen LogP contribution in [0.4, 0.5) is 5.69 Å². The van der Waals surface area contributed by atoms with Crippen molar-refractivity contribution in [1.82, 2.24) is 9.80 Å². The van der Waals surface area contributed by atoms with E-state index in [0.717, 1.165) is 5.69 Å². The van der Waals surface area contributed by atoms with Gasteiger partial charge in [-0.3, -0.25) is 9.59 Å². The van der Waals surface area contributed by atoms with Crippen molar-refractivity contribution in [1.29, 1.82) is 0 Å². The lowest BCUT2D eigenvalue weighted by molar-refractivity contribution is 0.0535. The lowest BCUT2D eigenvalue weighted by atomic mass is 10.1. The van der Waals surface area contributed by atoms with Crippen molar-refractivity contribution in [2.75, 3.05) is 52.3 Å². The third-order valence-electron chi connectivity index (χ3n) is 4.80. The number of amides is 2. The van der Waals surface area contributed by atoms with E-state index in [1.54, 1.807) is 29.0 Å². The molecular weight excluding hydrogens is 342 g/mol. The predicted molar refractivity (Wildman–Crippen MR) is 106 cm³/mol. The average molecular weight is 367 g/mol. The van der Waals surface area contributed by atoms with Gasteiger partial charge in [0, 0.05) is 57.1 Å². The van der Waals surface area contributed by atoms with Crippen LogP contribution in [0.3, 0.4) is 0 Å². The van der Waals surface area contributed by atoms with Crippen molar-refractivity contribution in [3.63, 3.8) is 0 Å². The molecule has 0 unspecified atom stereocenters. The number of ether oxygens (including phenoxy) is 1. The molecule has 6 heteroatoms. The minimum atomic E-state index is -0.0312. The fourth-order valence-electron chi connectivity index (χ4n) is 3.14. The molecular formula is C21H25N3O3. The topological polar surface area (TPSA) is 53.1 Å². The van der Waals surface area contributed by atoms with Gasteiger partial charge < -0.3 is 19.4 Å². The maximum atomic E-state index is 12.7. The fraction of sp³-hybridized carbons (Fsp3) is 0.333. The Morgan fingerprint density at radius 2 is 1.41 bits per heavy atom. The zero-order chi connectivity index (χ0) is 19.4. The van der Waals surface area contributed by atoms with Crippen molar-refractivity contribution in [3.8, 4) is 5.75 Å². The number of hydrogen-bond acceptors (Lipinski definition) is 4. The standard InChI is InChI=1S/C21H25N3O3/c1-22(2)18-9-7-16(8-10-18)20(25)23-11-13-24(14-12-23)21(26)17-5-4-6-19(15-17)27-3/h4-10,15H,11-14H2,1-3H3. The Labute approximate surface area is 159 Å². The highest BCUT2D eigenvalue weighted by Crippen LogP contribution is 2.17. The highest BCUT2D eigenvalue weighted by molar-refractivity contribution is 5.96. The monoisotopic (exact) mass is 367 g/mol. The quantitative estimate of drug-likeness (QED) is 0.833. The fourth-order valence-corrected chi connectivity index (χ4v) is 3.14. The Bertz CT molecular complexity index is 810. The molecule has 0 aliphatic carbocycles. The van der Waals surface area contributed by atoms with Crippen LogP contribution in [-0.4, -0.2) is 69.0 Å². The Morgan fingerprint density at radius 3 is 1.93 bits per heavy atom. The van der Waals surface area contributed by atoms with E-state index in [0.29, 0.717) is 43.1 Å². The molecule has 0 bridgehead atoms. The zero-order valence-corrected chi connectivity index (χ0v) is 16.0. The molecule has 2 aromatic carbocycles. The third kappa shape index (κ3) is 4.22. The Balaban J connectivity index is 1.60. The molecule has 6 nitrogen and oxygen atoms in total. The molecule has 1 aliphatic rings. The van der Waals surface area contributed by atoms with Crippen molar-refractivity contribution in [3.05, 3.63) is 59.7 Å². The van der Waals surface area contributed by atoms with E-state index in [1.165, 1.54) is 0 Å². The van der Waals surface area contributed by atoms with E-state index in [2.05, 4.69) is 0 Å². The molecule has 0 atom stereocenters. The molecule has 1 aliphatic heterocycles. The number of rotatable bonds is 4. The summed E-state index contributed by atoms with van der Waals surface area (Å²) in [6.07, 6.45) is 0. The van der Waals surface area contributed by atoms with Gasteiger partial charge in [0.05, 0.1) is 7.11 Å². The first-order valence-corrected chi connectivity index (χ1v) is 8.99. The summed E-state index contributed by atoms with van der Waals surface area (Å²) in [6.45, 7) is 2.11. The van der Waals surface area contributed by atoms with Crippen molar-refractivity contribution < 1.29 is 14.3 Å². The molecule has 1 heterocycles. The highest BCUT2D eigenvalue weighted by atomic mass is 16.5. The first-order valence-electron chi connectivity index (χ1n) is 8.99. The van der Waals surface area contributed by atoms with Gasteiger partial charge >= 0.3 is 0 Å². The molecule has 142 valence electrons. The SMILES string of the molecule is COc1cccc(C(=O)N2CCN(C(=O)c3ccc(N(C)C)cc3)CC2)c1. The van der Waals surface area contributed by atoms with Gasteiger partial charge in [-0.2, -0.15) is 0 Å². The number of carbonyl (C=O) groups excluding carboxylic acids is 2. The number of hydrogen-bond donors (Lipinski definition) is 0. The Hall–Kier alpha value is -3.02. The molecule has 0 radical (unpaired) electrons. The second-order valence-corrected chi connectivity index (χ2v) is 6.76. The highest BCUT2D eigenvalue weighted by Gasteiger charge is 2.25. The second kappa shape index (κ2) is 8.12. The van der Waals surface area contributed by atoms with E-state index < -0.39 is 0 Å². The van der Waals surface area contributed by atoms with Crippen LogP contribution in [0.5, 0.6) is 5.75 Å². The first-order chi connectivity index (χ1) is 13.0. The number of piperazine rings is 1. The van der Waals surface area contributed by atoms with Crippen molar-refractivity contribution in [2.24, 2.45) is 0 Å². The second-order valence-electron chi connectivity index (χ2n) is 6.76. The minimum absolute atomic E-state index is 0.00813. The average Bonchev–Trinajstić information content (AvgIpc) is 2.73. The lowest BCUT2D eigenvalue weighted by Crippen LogP contribution is -2.50. The Morgan fingerprint density at radius 1 is 0.852 bits per heavy atom. The molecule has 3 rings (SSSR count). The number of benzene rings is 2. The normalized spacial score (nSPS) is 14.0. The maximum Gasteiger partial charge on any atom is 0.254 e. The van der Waals surface area contributed by atoms with Crippen molar-refractivity contribution in [2.45, 2.75) is 0 Å². The van der Waals surface area contributed by atoms with E-state index in [-0.39, 0.29) is 11.8 Å². The third-order valence-corrected chi connectivity index (χ3v) is 4.80. The first kappa shape index (κ1) is 18.8. The van der Waals surface area contributed by atoms with Crippen LogP contribution in [0, 0.1) is 0 Å². The number of methoxy groups -OCH3 is 1. The summed E-state index contributed by atoms with van der Waals surface area (Å²) in [4.78, 5) is 31.0. The largest absolute Gasteiger partial charge is 0.497 e. The predicted octanol–water partition coefficient (Wildman–Crippen LogP) is 2.36. The summed E-state index contributed by atoms with van der Waals surface area (Å²) in [5.74, 6) is 0.640. The van der Waals surface area contributed by atoms with Gasteiger partial charge in [-0.15, -0.1) is 0 Å². The number of nitrogens with zero attached hydrogens (tertiary/aromatic N) is 3. The zero-order valence-electron chi connectivity index (χ0n) is 16.0. The number of anilines is 1. The summed E-state index contributed by atoms with van der Waals surface area (Å²) in [6, 6.07) is 14.7. The van der Waals surface area contributed by atoms with Gasteiger partial charge in [0.1, 0.15) is 5.75 Å².